The van der Waals surface area contributed by atoms with Crippen LogP contribution >= 0.6 is 0 Å². The van der Waals surface area contributed by atoms with Gasteiger partial charge in [-0.15, -0.1) is 0 Å². The van der Waals surface area contributed by atoms with Crippen molar-refractivity contribution in [1.82, 2.24) is 0 Å². The lowest BCUT2D eigenvalue weighted by Gasteiger charge is -2.03. The molecule has 40 valence electrons. The normalized spacial score (nSPS) is 8.56. The van der Waals surface area contributed by atoms with Crippen LogP contribution in [0.5, 0.6) is 0 Å². The Kier molecular flexibility index (Phi) is 2.26. The van der Waals surface area contributed by atoms with Crippen molar-refractivity contribution in [1.29, 1.82) is 15.8 Å². The summed E-state index contributed by atoms with van der Waals surface area (Å²) in [6.45, 7) is 0. The van der Waals surface area contributed by atoms with E-state index < -0.39 is 5.60 Å². The SMILES string of the molecule is [B]OC(C#N)(C#N)C#N. The standard InChI is InChI=1S/C4BN3O/c5-9-4(1-6,2-7)3-8. The highest BCUT2D eigenvalue weighted by atomic mass is 16.4. The lowest BCUT2D eigenvalue weighted by molar-refractivity contribution is 0.269. The predicted molar refractivity (Wildman–Crippen MR) is 26.4 cm³/mol. The van der Waals surface area contributed by atoms with Crippen molar-refractivity contribution < 1.29 is 4.65 Å². The molecule has 0 spiro atoms. The maximum Gasteiger partial charge on any atom is 0.315 e. The molecule has 0 bridgehead atoms. The van der Waals surface area contributed by atoms with Crippen molar-refractivity contribution >= 4 is 8.05 Å². The fourth-order valence-electron chi connectivity index (χ4n) is 0.154. The number of nitriles is 3. The second-order valence-electron chi connectivity index (χ2n) is 1.13. The van der Waals surface area contributed by atoms with Gasteiger partial charge in [0, 0.05) is 0 Å². The third-order valence-electron chi connectivity index (χ3n) is 0.649. The first-order valence-electron chi connectivity index (χ1n) is 1.86. The molecule has 9 heavy (non-hydrogen) atoms. The molecule has 0 aromatic rings. The first-order valence-corrected chi connectivity index (χ1v) is 1.86. The molecule has 4 nitrogen and oxygen atoms in total. The Morgan fingerprint density at radius 1 is 1.11 bits per heavy atom. The monoisotopic (exact) mass is 117 g/mol. The van der Waals surface area contributed by atoms with E-state index in [0.717, 1.165) is 0 Å². The molecule has 0 atom stereocenters. The van der Waals surface area contributed by atoms with E-state index >= 15 is 0 Å². The van der Waals surface area contributed by atoms with Gasteiger partial charge < -0.3 is 4.65 Å². The molecule has 0 aromatic heterocycles. The van der Waals surface area contributed by atoms with Gasteiger partial charge in [0.2, 0.25) is 0 Å². The Morgan fingerprint density at radius 3 is 1.44 bits per heavy atom. The maximum absolute atomic E-state index is 8.08. The minimum absolute atomic E-state index is 1.30. The number of rotatable bonds is 1. The number of hydrogen-bond donors (Lipinski definition) is 0. The smallest absolute Gasteiger partial charge is 0.315 e. The van der Waals surface area contributed by atoms with Gasteiger partial charge in [-0.05, 0) is 0 Å². The number of nitrogens with zero attached hydrogens (tertiary/aromatic N) is 3. The second-order valence-corrected chi connectivity index (χ2v) is 1.13. The fraction of sp³-hybridized carbons (Fsp3) is 0.250. The van der Waals surface area contributed by atoms with E-state index in [4.69, 9.17) is 15.8 Å². The summed E-state index contributed by atoms with van der Waals surface area (Å²) in [6.07, 6.45) is 0. The van der Waals surface area contributed by atoms with Crippen LogP contribution in [-0.2, 0) is 4.65 Å². The third-order valence-corrected chi connectivity index (χ3v) is 0.649. The Bertz CT molecular complexity index is 181. The quantitative estimate of drug-likeness (QED) is 0.429. The molecule has 0 amide bonds. The highest BCUT2D eigenvalue weighted by Gasteiger charge is 2.27. The van der Waals surface area contributed by atoms with Crippen molar-refractivity contribution in [2.24, 2.45) is 0 Å². The summed E-state index contributed by atoms with van der Waals surface area (Å²) in [5, 5.41) is 24.2. The van der Waals surface area contributed by atoms with Crippen LogP contribution in [-0.4, -0.2) is 13.7 Å². The van der Waals surface area contributed by atoms with Crippen LogP contribution in [0.3, 0.4) is 0 Å². The van der Waals surface area contributed by atoms with Gasteiger partial charge in [0.05, 0.1) is 0 Å². The van der Waals surface area contributed by atoms with Gasteiger partial charge in [-0.2, -0.15) is 15.8 Å². The van der Waals surface area contributed by atoms with Crippen molar-refractivity contribution in [3.63, 3.8) is 0 Å². The highest BCUT2D eigenvalue weighted by molar-refractivity contribution is 5.99. The molecule has 0 heterocycles. The summed E-state index contributed by atoms with van der Waals surface area (Å²) in [4.78, 5) is 0. The summed E-state index contributed by atoms with van der Waals surface area (Å²) < 4.78 is 3.80. The summed E-state index contributed by atoms with van der Waals surface area (Å²) in [6, 6.07) is 3.89. The third kappa shape index (κ3) is 1.19. The predicted octanol–water partition coefficient (Wildman–Crippen LogP) is -0.604. The van der Waals surface area contributed by atoms with Crippen LogP contribution in [0.15, 0.2) is 0 Å². The van der Waals surface area contributed by atoms with E-state index in [2.05, 4.69) is 12.7 Å². The van der Waals surface area contributed by atoms with Crippen molar-refractivity contribution in [2.75, 3.05) is 0 Å². The van der Waals surface area contributed by atoms with Crippen LogP contribution in [0.1, 0.15) is 0 Å². The van der Waals surface area contributed by atoms with Crippen molar-refractivity contribution in [3.8, 4) is 18.2 Å². The van der Waals surface area contributed by atoms with E-state index in [1.807, 2.05) is 0 Å². The molecule has 0 unspecified atom stereocenters. The van der Waals surface area contributed by atoms with E-state index in [0.29, 0.717) is 0 Å². The molecular weight excluding hydrogens is 117 g/mol. The molecule has 0 saturated carbocycles. The summed E-state index contributed by atoms with van der Waals surface area (Å²) in [5.74, 6) is 0. The first kappa shape index (κ1) is 7.49. The largest absolute Gasteiger partial charge is 0.410 e. The van der Waals surface area contributed by atoms with Gasteiger partial charge >= 0.3 is 5.60 Å². The molecule has 2 radical (unpaired) electrons. The molecule has 0 N–H and O–H groups in total. The van der Waals surface area contributed by atoms with E-state index in [9.17, 15) is 0 Å². The lowest BCUT2D eigenvalue weighted by Crippen LogP contribution is -2.24. The van der Waals surface area contributed by atoms with Crippen LogP contribution in [0.2, 0.25) is 0 Å². The Hall–Kier alpha value is -1.51. The lowest BCUT2D eigenvalue weighted by atomic mass is 10.1. The minimum Gasteiger partial charge on any atom is -0.410 e. The van der Waals surface area contributed by atoms with Crippen LogP contribution in [0.25, 0.3) is 0 Å². The zero-order valence-corrected chi connectivity index (χ0v) is 4.33. The molecular formula is C4BN3O. The van der Waals surface area contributed by atoms with Gasteiger partial charge in [-0.1, -0.05) is 0 Å². The highest BCUT2D eigenvalue weighted by Crippen LogP contribution is 2.02. The molecule has 0 aliphatic carbocycles. The molecule has 0 saturated heterocycles. The zero-order chi connectivity index (χ0) is 7.33. The minimum atomic E-state index is -2.14. The Morgan fingerprint density at radius 2 is 1.44 bits per heavy atom. The maximum atomic E-state index is 8.08. The molecule has 5 heteroatoms. The van der Waals surface area contributed by atoms with Gasteiger partial charge in [0.25, 0.3) is 8.05 Å². The molecule has 0 aliphatic rings. The summed E-state index contributed by atoms with van der Waals surface area (Å²) >= 11 is 0. The molecule has 0 fully saturated rings. The first-order chi connectivity index (χ1) is 4.24. The van der Waals surface area contributed by atoms with E-state index in [1.165, 1.54) is 18.2 Å². The zero-order valence-electron chi connectivity index (χ0n) is 4.33. The van der Waals surface area contributed by atoms with Gasteiger partial charge in [0.1, 0.15) is 18.2 Å². The van der Waals surface area contributed by atoms with Crippen molar-refractivity contribution in [2.45, 2.75) is 5.60 Å². The molecule has 0 aliphatic heterocycles. The fourth-order valence-corrected chi connectivity index (χ4v) is 0.154. The topological polar surface area (TPSA) is 80.6 Å². The Balaban J connectivity index is 4.54. The van der Waals surface area contributed by atoms with Crippen molar-refractivity contribution in [3.05, 3.63) is 0 Å². The van der Waals surface area contributed by atoms with Gasteiger partial charge in [-0.3, -0.25) is 0 Å². The average molecular weight is 117 g/mol. The molecule has 0 aromatic carbocycles. The molecule has 0 rings (SSSR count). The van der Waals surface area contributed by atoms with Crippen LogP contribution in [0, 0.1) is 34.0 Å². The summed E-state index contributed by atoms with van der Waals surface area (Å²) in [7, 11) is 4.47. The van der Waals surface area contributed by atoms with Crippen LogP contribution in [0.4, 0.5) is 0 Å². The van der Waals surface area contributed by atoms with Gasteiger partial charge in [0.15, 0.2) is 0 Å². The number of hydrogen-bond acceptors (Lipinski definition) is 4. The second kappa shape index (κ2) is 2.72. The van der Waals surface area contributed by atoms with Gasteiger partial charge in [-0.25, -0.2) is 0 Å². The van der Waals surface area contributed by atoms with E-state index in [-0.39, 0.29) is 0 Å². The van der Waals surface area contributed by atoms with E-state index in [1.54, 1.807) is 0 Å². The average Bonchev–Trinajstić information content (AvgIpc) is 1.95. The van der Waals surface area contributed by atoms with Crippen LogP contribution < -0.4 is 0 Å². The summed E-state index contributed by atoms with van der Waals surface area (Å²) in [5.41, 5.74) is -2.14. The Labute approximate surface area is 53.3 Å².